The predicted molar refractivity (Wildman–Crippen MR) is 131 cm³/mol. The van der Waals surface area contributed by atoms with E-state index in [9.17, 15) is 4.79 Å². The number of carbonyl (C=O) groups excluding carboxylic acids is 1. The number of aromatic nitrogens is 3. The third kappa shape index (κ3) is 5.33. The second-order valence-corrected chi connectivity index (χ2v) is 9.93. The van der Waals surface area contributed by atoms with Crippen molar-refractivity contribution in [3.8, 4) is 11.5 Å². The Kier molecular flexibility index (Phi) is 6.53. The maximum Gasteiger partial charge on any atom is 0.237 e. The highest BCUT2D eigenvalue weighted by Crippen LogP contribution is 2.42. The zero-order valence-corrected chi connectivity index (χ0v) is 19.6. The summed E-state index contributed by atoms with van der Waals surface area (Å²) in [6.45, 7) is 3.99. The van der Waals surface area contributed by atoms with E-state index in [0.717, 1.165) is 54.2 Å². The molecule has 33 heavy (non-hydrogen) atoms. The summed E-state index contributed by atoms with van der Waals surface area (Å²) in [4.78, 5) is 15.2. The fraction of sp³-hybridized carbons (Fsp3) is 0.400. The van der Waals surface area contributed by atoms with Gasteiger partial charge in [-0.2, -0.15) is 0 Å². The number of piperidine rings is 1. The van der Waals surface area contributed by atoms with Crippen molar-refractivity contribution in [1.82, 2.24) is 14.8 Å². The molecular weight excluding hydrogens is 434 g/mol. The molecule has 0 bridgehead atoms. The van der Waals surface area contributed by atoms with Crippen LogP contribution in [-0.2, 0) is 4.79 Å². The standard InChI is InChI=1S/C25H29N5O2S/c1-18(23(31)26-19-10-14-22(15-11-19)32-21-8-4-2-5-9-21)33-25-28-27-24(30(25)20-12-13-20)29-16-6-3-7-17-29/h2,4-5,8-11,14-15,18,20H,3,6-7,12-13,16-17H2,1H3,(H,26,31)/t18-/m0/s1. The third-order valence-corrected chi connectivity index (χ3v) is 7.01. The minimum Gasteiger partial charge on any atom is -0.457 e. The van der Waals surface area contributed by atoms with Crippen LogP contribution in [0.1, 0.15) is 45.1 Å². The molecule has 2 aliphatic rings. The first-order chi connectivity index (χ1) is 16.2. The number of hydrogen-bond acceptors (Lipinski definition) is 6. The Morgan fingerprint density at radius 2 is 1.70 bits per heavy atom. The quantitative estimate of drug-likeness (QED) is 0.444. The van der Waals surface area contributed by atoms with Crippen molar-refractivity contribution in [1.29, 1.82) is 0 Å². The summed E-state index contributed by atoms with van der Waals surface area (Å²) in [5.41, 5.74) is 0.741. The first-order valence-corrected chi connectivity index (χ1v) is 12.6. The van der Waals surface area contributed by atoms with Gasteiger partial charge in [-0.1, -0.05) is 30.0 Å². The first-order valence-electron chi connectivity index (χ1n) is 11.7. The average Bonchev–Trinajstić information content (AvgIpc) is 3.61. The highest BCUT2D eigenvalue weighted by molar-refractivity contribution is 8.00. The Bertz CT molecular complexity index is 1080. The van der Waals surface area contributed by atoms with Gasteiger partial charge >= 0.3 is 0 Å². The van der Waals surface area contributed by atoms with Crippen molar-refractivity contribution in [2.24, 2.45) is 0 Å². The molecule has 8 heteroatoms. The summed E-state index contributed by atoms with van der Waals surface area (Å²) in [5, 5.41) is 12.5. The van der Waals surface area contributed by atoms with E-state index in [1.807, 2.05) is 61.5 Å². The highest BCUT2D eigenvalue weighted by atomic mass is 32.2. The molecule has 3 aromatic rings. The van der Waals surface area contributed by atoms with Crippen molar-refractivity contribution in [2.45, 2.75) is 55.5 Å². The summed E-state index contributed by atoms with van der Waals surface area (Å²) in [6, 6.07) is 17.5. The molecule has 1 saturated carbocycles. The molecule has 2 aromatic carbocycles. The van der Waals surface area contributed by atoms with E-state index >= 15 is 0 Å². The van der Waals surface area contributed by atoms with E-state index in [1.54, 1.807) is 0 Å². The number of ether oxygens (including phenoxy) is 1. The number of para-hydroxylation sites is 1. The number of benzene rings is 2. The fourth-order valence-corrected chi connectivity index (χ4v) is 4.91. The third-order valence-electron chi connectivity index (χ3n) is 5.95. The zero-order valence-electron chi connectivity index (χ0n) is 18.8. The summed E-state index contributed by atoms with van der Waals surface area (Å²) in [5.74, 6) is 2.43. The summed E-state index contributed by atoms with van der Waals surface area (Å²) < 4.78 is 8.08. The normalized spacial score (nSPS) is 16.9. The summed E-state index contributed by atoms with van der Waals surface area (Å²) >= 11 is 1.48. The molecule has 1 saturated heterocycles. The summed E-state index contributed by atoms with van der Waals surface area (Å²) in [7, 11) is 0. The number of nitrogens with one attached hydrogen (secondary N) is 1. The Hall–Kier alpha value is -3.00. The van der Waals surface area contributed by atoms with Gasteiger partial charge in [-0.05, 0) is 75.4 Å². The monoisotopic (exact) mass is 463 g/mol. The minimum atomic E-state index is -0.291. The van der Waals surface area contributed by atoms with Gasteiger partial charge in [0.15, 0.2) is 5.16 Å². The van der Waals surface area contributed by atoms with Crippen LogP contribution >= 0.6 is 11.8 Å². The van der Waals surface area contributed by atoms with E-state index < -0.39 is 0 Å². The molecule has 2 heterocycles. The van der Waals surface area contributed by atoms with Crippen LogP contribution in [0.3, 0.4) is 0 Å². The van der Waals surface area contributed by atoms with E-state index in [0.29, 0.717) is 6.04 Å². The van der Waals surface area contributed by atoms with Gasteiger partial charge < -0.3 is 15.0 Å². The zero-order chi connectivity index (χ0) is 22.6. The molecule has 5 rings (SSSR count). The van der Waals surface area contributed by atoms with Gasteiger partial charge in [0.1, 0.15) is 11.5 Å². The first kappa shape index (κ1) is 21.8. The lowest BCUT2D eigenvalue weighted by Gasteiger charge is -2.28. The second-order valence-electron chi connectivity index (χ2n) is 8.62. The van der Waals surface area contributed by atoms with E-state index in [4.69, 9.17) is 4.74 Å². The molecule has 1 atom stereocenters. The van der Waals surface area contributed by atoms with Crippen molar-refractivity contribution in [3.05, 3.63) is 54.6 Å². The highest BCUT2D eigenvalue weighted by Gasteiger charge is 2.33. The molecular formula is C25H29N5O2S. The maximum absolute atomic E-state index is 12.9. The minimum absolute atomic E-state index is 0.0541. The number of thioether (sulfide) groups is 1. The van der Waals surface area contributed by atoms with Gasteiger partial charge in [0.05, 0.1) is 5.25 Å². The van der Waals surface area contributed by atoms with Gasteiger partial charge in [0.2, 0.25) is 11.9 Å². The lowest BCUT2D eigenvalue weighted by molar-refractivity contribution is -0.115. The molecule has 1 N–H and O–H groups in total. The lowest BCUT2D eigenvalue weighted by Crippen LogP contribution is -2.32. The molecule has 0 unspecified atom stereocenters. The van der Waals surface area contributed by atoms with E-state index in [-0.39, 0.29) is 11.2 Å². The number of carbonyl (C=O) groups is 1. The largest absolute Gasteiger partial charge is 0.457 e. The summed E-state index contributed by atoms with van der Waals surface area (Å²) in [6.07, 6.45) is 6.00. The lowest BCUT2D eigenvalue weighted by atomic mass is 10.1. The predicted octanol–water partition coefficient (Wildman–Crippen LogP) is 5.51. The van der Waals surface area contributed by atoms with Crippen LogP contribution in [0.25, 0.3) is 0 Å². The van der Waals surface area contributed by atoms with Crippen LogP contribution in [0.4, 0.5) is 11.6 Å². The second kappa shape index (κ2) is 9.87. The van der Waals surface area contributed by atoms with Crippen LogP contribution < -0.4 is 15.0 Å². The van der Waals surface area contributed by atoms with Crippen LogP contribution in [0.2, 0.25) is 0 Å². The van der Waals surface area contributed by atoms with Crippen molar-refractivity contribution in [3.63, 3.8) is 0 Å². The van der Waals surface area contributed by atoms with Gasteiger partial charge in [0.25, 0.3) is 0 Å². The molecule has 0 spiro atoms. The number of nitrogens with zero attached hydrogens (tertiary/aromatic N) is 4. The smallest absolute Gasteiger partial charge is 0.237 e. The molecule has 1 aliphatic heterocycles. The van der Waals surface area contributed by atoms with Gasteiger partial charge in [-0.25, -0.2) is 0 Å². The molecule has 2 fully saturated rings. The van der Waals surface area contributed by atoms with Crippen molar-refractivity contribution in [2.75, 3.05) is 23.3 Å². The Balaban J connectivity index is 1.21. The Labute approximate surface area is 198 Å². The molecule has 7 nitrogen and oxygen atoms in total. The van der Waals surface area contributed by atoms with Crippen molar-refractivity contribution >= 4 is 29.3 Å². The van der Waals surface area contributed by atoms with E-state index in [2.05, 4.69) is 25.0 Å². The molecule has 1 amide bonds. The van der Waals surface area contributed by atoms with Gasteiger partial charge in [-0.15, -0.1) is 10.2 Å². The SMILES string of the molecule is C[C@H](Sc1nnc(N2CCCCC2)n1C1CC1)C(=O)Nc1ccc(Oc2ccccc2)cc1. The topological polar surface area (TPSA) is 72.3 Å². The van der Waals surface area contributed by atoms with Gasteiger partial charge in [-0.3, -0.25) is 9.36 Å². The van der Waals surface area contributed by atoms with E-state index in [1.165, 1.54) is 31.0 Å². The number of rotatable bonds is 8. The fourth-order valence-electron chi connectivity index (χ4n) is 4.00. The van der Waals surface area contributed by atoms with Crippen LogP contribution in [0.5, 0.6) is 11.5 Å². The number of anilines is 2. The number of amides is 1. The van der Waals surface area contributed by atoms with Crippen LogP contribution in [0.15, 0.2) is 59.8 Å². The molecule has 172 valence electrons. The van der Waals surface area contributed by atoms with Crippen LogP contribution in [-0.4, -0.2) is 39.0 Å². The number of hydrogen-bond donors (Lipinski definition) is 1. The molecule has 1 aliphatic carbocycles. The average molecular weight is 464 g/mol. The maximum atomic E-state index is 12.9. The Morgan fingerprint density at radius 3 is 2.39 bits per heavy atom. The van der Waals surface area contributed by atoms with Crippen LogP contribution in [0, 0.1) is 0 Å². The molecule has 0 radical (unpaired) electrons. The van der Waals surface area contributed by atoms with Crippen molar-refractivity contribution < 1.29 is 9.53 Å². The van der Waals surface area contributed by atoms with Gasteiger partial charge in [0, 0.05) is 24.8 Å². The Morgan fingerprint density at radius 1 is 1.00 bits per heavy atom. The molecule has 1 aromatic heterocycles.